The maximum absolute atomic E-state index is 13.7. The molecule has 0 saturated carbocycles. The second-order valence-corrected chi connectivity index (χ2v) is 6.32. The smallest absolute Gasteiger partial charge is 0.324 e. The zero-order valence-electron chi connectivity index (χ0n) is 15.5. The first-order valence-electron chi connectivity index (χ1n) is 8.54. The van der Waals surface area contributed by atoms with E-state index in [9.17, 15) is 18.4 Å². The molecule has 30 heavy (non-hydrogen) atoms. The molecule has 0 aliphatic carbocycles. The Morgan fingerprint density at radius 2 is 1.70 bits per heavy atom. The van der Waals surface area contributed by atoms with Gasteiger partial charge in [-0.2, -0.15) is 0 Å². The molecule has 10 heteroatoms. The van der Waals surface area contributed by atoms with Gasteiger partial charge in [0.05, 0.1) is 16.8 Å². The molecule has 0 fully saturated rings. The van der Waals surface area contributed by atoms with Crippen LogP contribution >= 0.6 is 11.6 Å². The molecule has 0 unspecified atom stereocenters. The van der Waals surface area contributed by atoms with Gasteiger partial charge in [-0.25, -0.2) is 18.6 Å². The van der Waals surface area contributed by atoms with E-state index in [1.165, 1.54) is 49.6 Å². The fourth-order valence-electron chi connectivity index (χ4n) is 2.38. The molecule has 0 radical (unpaired) electrons. The highest BCUT2D eigenvalue weighted by Crippen LogP contribution is 2.24. The van der Waals surface area contributed by atoms with E-state index in [0.717, 1.165) is 12.1 Å². The van der Waals surface area contributed by atoms with Crippen molar-refractivity contribution >= 4 is 35.0 Å². The van der Waals surface area contributed by atoms with Gasteiger partial charge in [0.2, 0.25) is 0 Å². The van der Waals surface area contributed by atoms with Crippen LogP contribution < -0.4 is 20.7 Å². The van der Waals surface area contributed by atoms with Crippen molar-refractivity contribution in [3.8, 4) is 11.5 Å². The summed E-state index contributed by atoms with van der Waals surface area (Å²) in [5.41, 5.74) is 0.154. The summed E-state index contributed by atoms with van der Waals surface area (Å²) in [6.45, 7) is 0. The fraction of sp³-hybridized carbons (Fsp3) is 0.0500. The number of carbonyl (C=O) groups is 2. The van der Waals surface area contributed by atoms with Crippen molar-refractivity contribution in [1.82, 2.24) is 10.3 Å². The van der Waals surface area contributed by atoms with Crippen molar-refractivity contribution in [2.24, 2.45) is 0 Å². The third kappa shape index (κ3) is 5.21. The van der Waals surface area contributed by atoms with E-state index in [2.05, 4.69) is 20.9 Å². The van der Waals surface area contributed by atoms with Gasteiger partial charge in [-0.15, -0.1) is 0 Å². The first-order valence-corrected chi connectivity index (χ1v) is 8.92. The molecule has 3 N–H and O–H groups in total. The largest absolute Gasteiger partial charge is 0.456 e. The predicted molar refractivity (Wildman–Crippen MR) is 108 cm³/mol. The summed E-state index contributed by atoms with van der Waals surface area (Å²) in [7, 11) is 1.39. The number of rotatable bonds is 5. The number of aromatic nitrogens is 1. The van der Waals surface area contributed by atoms with Crippen molar-refractivity contribution in [3.05, 3.63) is 76.9 Å². The average Bonchev–Trinajstić information content (AvgIpc) is 2.73. The summed E-state index contributed by atoms with van der Waals surface area (Å²) in [5, 5.41) is 7.22. The van der Waals surface area contributed by atoms with E-state index in [4.69, 9.17) is 16.3 Å². The second-order valence-electron chi connectivity index (χ2n) is 5.91. The molecule has 154 valence electrons. The molecule has 1 aromatic heterocycles. The van der Waals surface area contributed by atoms with Gasteiger partial charge >= 0.3 is 6.03 Å². The van der Waals surface area contributed by atoms with Crippen LogP contribution in [-0.2, 0) is 0 Å². The third-order valence-corrected chi connectivity index (χ3v) is 4.09. The number of anilines is 2. The average molecular weight is 433 g/mol. The topological polar surface area (TPSA) is 92.4 Å². The van der Waals surface area contributed by atoms with Crippen molar-refractivity contribution in [2.75, 3.05) is 17.7 Å². The van der Waals surface area contributed by atoms with E-state index >= 15 is 0 Å². The van der Waals surface area contributed by atoms with Crippen molar-refractivity contribution in [1.29, 1.82) is 0 Å². The van der Waals surface area contributed by atoms with Crippen LogP contribution in [0, 0.1) is 11.6 Å². The number of amides is 3. The lowest BCUT2D eigenvalue weighted by Crippen LogP contribution is -2.20. The minimum absolute atomic E-state index is 0.118. The molecule has 7 nitrogen and oxygen atoms in total. The van der Waals surface area contributed by atoms with E-state index in [0.29, 0.717) is 11.4 Å². The van der Waals surface area contributed by atoms with Gasteiger partial charge in [-0.1, -0.05) is 11.6 Å². The number of halogens is 3. The van der Waals surface area contributed by atoms with Crippen LogP contribution in [0.15, 0.2) is 54.7 Å². The highest BCUT2D eigenvalue weighted by Gasteiger charge is 2.12. The Hall–Kier alpha value is -3.72. The molecular weight excluding hydrogens is 418 g/mol. The van der Waals surface area contributed by atoms with Crippen molar-refractivity contribution in [3.63, 3.8) is 0 Å². The van der Waals surface area contributed by atoms with Crippen molar-refractivity contribution in [2.45, 2.75) is 0 Å². The predicted octanol–water partition coefficient (Wildman–Crippen LogP) is 4.81. The zero-order valence-corrected chi connectivity index (χ0v) is 16.3. The maximum atomic E-state index is 13.7. The van der Waals surface area contributed by atoms with Crippen LogP contribution in [0.4, 0.5) is 25.1 Å². The van der Waals surface area contributed by atoms with Gasteiger partial charge in [0.15, 0.2) is 0 Å². The summed E-state index contributed by atoms with van der Waals surface area (Å²) >= 11 is 5.67. The Bertz CT molecular complexity index is 1090. The molecule has 1 heterocycles. The molecular formula is C20H15ClF2N4O3. The van der Waals surface area contributed by atoms with Crippen LogP contribution in [0.3, 0.4) is 0 Å². The number of carbonyl (C=O) groups excluding carboxylic acids is 2. The van der Waals surface area contributed by atoms with Crippen LogP contribution in [0.25, 0.3) is 0 Å². The van der Waals surface area contributed by atoms with Gasteiger partial charge in [0, 0.05) is 12.7 Å². The minimum atomic E-state index is -0.673. The summed E-state index contributed by atoms with van der Waals surface area (Å²) in [6, 6.07) is 9.93. The lowest BCUT2D eigenvalue weighted by Gasteiger charge is -2.10. The molecule has 0 bridgehead atoms. The Morgan fingerprint density at radius 1 is 0.967 bits per heavy atom. The highest BCUT2D eigenvalue weighted by molar-refractivity contribution is 6.31. The summed E-state index contributed by atoms with van der Waals surface area (Å²) in [4.78, 5) is 27.7. The Labute approximate surface area is 175 Å². The maximum Gasteiger partial charge on any atom is 0.324 e. The van der Waals surface area contributed by atoms with Gasteiger partial charge in [-0.05, 0) is 48.5 Å². The van der Waals surface area contributed by atoms with Crippen LogP contribution in [0.2, 0.25) is 5.02 Å². The first kappa shape index (κ1) is 21.0. The number of pyridine rings is 1. The molecule has 3 amide bonds. The molecule has 0 saturated heterocycles. The molecule has 3 rings (SSSR count). The lowest BCUT2D eigenvalue weighted by atomic mass is 10.2. The monoisotopic (exact) mass is 432 g/mol. The van der Waals surface area contributed by atoms with Gasteiger partial charge in [0.1, 0.15) is 29.0 Å². The summed E-state index contributed by atoms with van der Waals surface area (Å²) < 4.78 is 32.4. The van der Waals surface area contributed by atoms with Crippen LogP contribution in [0.5, 0.6) is 11.5 Å². The van der Waals surface area contributed by atoms with E-state index in [-0.39, 0.29) is 22.2 Å². The number of ether oxygens (including phenoxy) is 1. The first-order chi connectivity index (χ1) is 14.4. The van der Waals surface area contributed by atoms with Gasteiger partial charge in [0.25, 0.3) is 5.91 Å². The van der Waals surface area contributed by atoms with E-state index < -0.39 is 23.6 Å². The van der Waals surface area contributed by atoms with E-state index in [1.807, 2.05) is 0 Å². The zero-order chi connectivity index (χ0) is 21.7. The number of benzene rings is 2. The number of nitrogens with zero attached hydrogens (tertiary/aromatic N) is 1. The molecule has 2 aromatic carbocycles. The normalized spacial score (nSPS) is 10.3. The third-order valence-electron chi connectivity index (χ3n) is 3.80. The minimum Gasteiger partial charge on any atom is -0.456 e. The fourth-order valence-corrected chi connectivity index (χ4v) is 2.56. The van der Waals surface area contributed by atoms with Gasteiger partial charge in [-0.3, -0.25) is 10.1 Å². The van der Waals surface area contributed by atoms with Crippen molar-refractivity contribution < 1.29 is 23.1 Å². The van der Waals surface area contributed by atoms with Crippen LogP contribution in [0.1, 0.15) is 10.4 Å². The molecule has 0 aliphatic heterocycles. The standard InChI is InChI=1S/C20H15ClF2N4O3/c1-24-19(28)14-9-12(3-6-16(14)22)30-13-4-7-18(25-10-13)27-20(29)26-11-2-5-17(23)15(21)8-11/h2-10H,1H3,(H,24,28)(H2,25,26,27,29). The SMILES string of the molecule is CNC(=O)c1cc(Oc2ccc(NC(=O)Nc3ccc(F)c(Cl)c3)nc2)ccc1F. The molecule has 0 spiro atoms. The van der Waals surface area contributed by atoms with Crippen LogP contribution in [-0.4, -0.2) is 24.0 Å². The number of hydrogen-bond acceptors (Lipinski definition) is 4. The number of urea groups is 1. The quantitative estimate of drug-likeness (QED) is 0.539. The summed E-state index contributed by atoms with van der Waals surface area (Å²) in [5.74, 6) is -1.08. The molecule has 0 aliphatic rings. The highest BCUT2D eigenvalue weighted by atomic mass is 35.5. The van der Waals surface area contributed by atoms with E-state index in [1.54, 1.807) is 0 Å². The Kier molecular flexibility index (Phi) is 6.43. The second kappa shape index (κ2) is 9.19. The number of hydrogen-bond donors (Lipinski definition) is 3. The number of nitrogens with one attached hydrogen (secondary N) is 3. The summed E-state index contributed by atoms with van der Waals surface area (Å²) in [6.07, 6.45) is 1.34. The Balaban J connectivity index is 1.63. The van der Waals surface area contributed by atoms with Gasteiger partial charge < -0.3 is 15.4 Å². The Morgan fingerprint density at radius 3 is 2.37 bits per heavy atom. The lowest BCUT2D eigenvalue weighted by molar-refractivity contribution is 0.0958. The molecule has 3 aromatic rings. The molecule has 0 atom stereocenters.